The van der Waals surface area contributed by atoms with E-state index in [0.29, 0.717) is 11.5 Å². The molecule has 1 saturated heterocycles. The molecule has 0 spiro atoms. The van der Waals surface area contributed by atoms with Crippen molar-refractivity contribution in [1.29, 1.82) is 5.26 Å². The van der Waals surface area contributed by atoms with Gasteiger partial charge in [0.2, 0.25) is 0 Å². The Bertz CT molecular complexity index is 1230. The summed E-state index contributed by atoms with van der Waals surface area (Å²) in [6, 6.07) is 16.8. The smallest absolute Gasteiger partial charge is 0.149 e. The number of rotatable bonds is 6. The van der Waals surface area contributed by atoms with Crippen molar-refractivity contribution in [2.75, 3.05) is 29.9 Å². The van der Waals surface area contributed by atoms with Crippen LogP contribution in [-0.2, 0) is 0 Å². The van der Waals surface area contributed by atoms with E-state index in [1.807, 2.05) is 35.9 Å². The fourth-order valence-corrected chi connectivity index (χ4v) is 5.33. The van der Waals surface area contributed by atoms with Crippen LogP contribution >= 0.6 is 0 Å². The summed E-state index contributed by atoms with van der Waals surface area (Å²) in [7, 11) is 0. The molecule has 6 nitrogen and oxygen atoms in total. The average molecular weight is 488 g/mol. The Morgan fingerprint density at radius 3 is 2.42 bits per heavy atom. The molecule has 36 heavy (non-hydrogen) atoms. The molecule has 1 aliphatic heterocycles. The van der Waals surface area contributed by atoms with Gasteiger partial charge in [0.05, 0.1) is 22.5 Å². The minimum absolute atomic E-state index is 0.0327. The number of halogens is 1. The summed E-state index contributed by atoms with van der Waals surface area (Å²) in [5, 5.41) is 27.8. The normalized spacial score (nSPS) is 18.1. The van der Waals surface area contributed by atoms with Crippen molar-refractivity contribution < 1.29 is 9.50 Å². The van der Waals surface area contributed by atoms with Gasteiger partial charge in [-0.1, -0.05) is 25.3 Å². The largest absolute Gasteiger partial charge is 0.390 e. The van der Waals surface area contributed by atoms with Crippen LogP contribution in [0.25, 0.3) is 16.9 Å². The minimum Gasteiger partial charge on any atom is -0.390 e. The standard InChI is InChI=1S/C29H34FN5O/c1-29(36)13-15-34(16-14-29)24-9-11-25(12-10-24)35-27(22-7-8-23(19-31)26(30)17-22)18-28(33-35)32-20-21-5-3-2-4-6-21/h7-12,17-18,21,36H,2-6,13-16,20H2,1H3,(H,32,33). The molecule has 0 unspecified atom stereocenters. The molecule has 0 amide bonds. The van der Waals surface area contributed by atoms with E-state index in [1.54, 1.807) is 6.07 Å². The Morgan fingerprint density at radius 2 is 1.75 bits per heavy atom. The van der Waals surface area contributed by atoms with Crippen molar-refractivity contribution in [2.24, 2.45) is 5.92 Å². The van der Waals surface area contributed by atoms with Crippen LogP contribution in [0.2, 0.25) is 0 Å². The lowest BCUT2D eigenvalue weighted by Gasteiger charge is -2.37. The van der Waals surface area contributed by atoms with Crippen LogP contribution in [0.5, 0.6) is 0 Å². The summed E-state index contributed by atoms with van der Waals surface area (Å²) in [5.41, 5.74) is 2.89. The molecule has 2 aromatic carbocycles. The lowest BCUT2D eigenvalue weighted by atomic mass is 9.89. The predicted octanol–water partition coefficient (Wildman–Crippen LogP) is 5.89. The molecule has 2 fully saturated rings. The van der Waals surface area contributed by atoms with Crippen molar-refractivity contribution in [2.45, 2.75) is 57.5 Å². The van der Waals surface area contributed by atoms with Crippen LogP contribution in [0.3, 0.4) is 0 Å². The summed E-state index contributed by atoms with van der Waals surface area (Å²) in [5.74, 6) is 0.891. The van der Waals surface area contributed by atoms with Crippen molar-refractivity contribution in [3.63, 3.8) is 0 Å². The molecule has 2 heterocycles. The molecule has 0 atom stereocenters. The number of aliphatic hydroxyl groups is 1. The maximum atomic E-state index is 14.5. The highest BCUT2D eigenvalue weighted by Gasteiger charge is 2.27. The first kappa shape index (κ1) is 24.3. The first-order valence-corrected chi connectivity index (χ1v) is 13.0. The summed E-state index contributed by atoms with van der Waals surface area (Å²) in [6.07, 6.45) is 7.89. The lowest BCUT2D eigenvalue weighted by molar-refractivity contribution is 0.0351. The Labute approximate surface area is 212 Å². The summed E-state index contributed by atoms with van der Waals surface area (Å²) >= 11 is 0. The van der Waals surface area contributed by atoms with E-state index in [1.165, 1.54) is 44.2 Å². The number of nitrogens with zero attached hydrogens (tertiary/aromatic N) is 4. The Morgan fingerprint density at radius 1 is 1.06 bits per heavy atom. The van der Waals surface area contributed by atoms with Crippen LogP contribution in [0.4, 0.5) is 15.9 Å². The first-order valence-electron chi connectivity index (χ1n) is 13.0. The molecule has 7 heteroatoms. The highest BCUT2D eigenvalue weighted by Crippen LogP contribution is 2.31. The van der Waals surface area contributed by atoms with Gasteiger partial charge in [0.25, 0.3) is 0 Å². The monoisotopic (exact) mass is 487 g/mol. The molecule has 5 rings (SSSR count). The molecule has 0 bridgehead atoms. The zero-order chi connectivity index (χ0) is 25.1. The van der Waals surface area contributed by atoms with Crippen molar-refractivity contribution >= 4 is 11.5 Å². The number of aromatic nitrogens is 2. The molecule has 188 valence electrons. The van der Waals surface area contributed by atoms with Gasteiger partial charge in [0, 0.05) is 37.0 Å². The van der Waals surface area contributed by atoms with Crippen molar-refractivity contribution in [3.05, 3.63) is 59.9 Å². The number of benzene rings is 2. The second kappa shape index (κ2) is 10.3. The molecule has 3 aromatic rings. The molecule has 0 radical (unpaired) electrons. The zero-order valence-corrected chi connectivity index (χ0v) is 20.9. The number of hydrogen-bond donors (Lipinski definition) is 2. The number of anilines is 2. The van der Waals surface area contributed by atoms with Crippen molar-refractivity contribution in [3.8, 4) is 23.0 Å². The molecule has 1 saturated carbocycles. The van der Waals surface area contributed by atoms with Crippen LogP contribution in [0, 0.1) is 23.1 Å². The van der Waals surface area contributed by atoms with Gasteiger partial charge in [-0.25, -0.2) is 9.07 Å². The van der Waals surface area contributed by atoms with Crippen LogP contribution < -0.4 is 10.2 Å². The van der Waals surface area contributed by atoms with E-state index in [4.69, 9.17) is 10.4 Å². The molecule has 1 aromatic heterocycles. The molecule has 2 aliphatic rings. The van der Waals surface area contributed by atoms with Gasteiger partial charge in [-0.3, -0.25) is 0 Å². The zero-order valence-electron chi connectivity index (χ0n) is 20.9. The number of nitrogens with one attached hydrogen (secondary N) is 1. The van der Waals surface area contributed by atoms with Gasteiger partial charge < -0.3 is 15.3 Å². The highest BCUT2D eigenvalue weighted by atomic mass is 19.1. The maximum Gasteiger partial charge on any atom is 0.149 e. The molecular formula is C29H34FN5O. The Kier molecular flexibility index (Phi) is 6.97. The minimum atomic E-state index is -0.586. The van der Waals surface area contributed by atoms with E-state index in [2.05, 4.69) is 22.3 Å². The third kappa shape index (κ3) is 5.39. The Balaban J connectivity index is 1.42. The maximum absolute atomic E-state index is 14.5. The lowest BCUT2D eigenvalue weighted by Crippen LogP contribution is -2.42. The van der Waals surface area contributed by atoms with Gasteiger partial charge in [0.1, 0.15) is 17.7 Å². The van der Waals surface area contributed by atoms with E-state index in [-0.39, 0.29) is 5.56 Å². The second-order valence-corrected chi connectivity index (χ2v) is 10.5. The van der Waals surface area contributed by atoms with E-state index >= 15 is 0 Å². The summed E-state index contributed by atoms with van der Waals surface area (Å²) in [6.45, 7) is 4.42. The van der Waals surface area contributed by atoms with Crippen LogP contribution in [-0.4, -0.2) is 40.1 Å². The SMILES string of the molecule is CC1(O)CCN(c2ccc(-n3nc(NCC4CCCCC4)cc3-c3ccc(C#N)c(F)c3)cc2)CC1. The van der Waals surface area contributed by atoms with Gasteiger partial charge in [0.15, 0.2) is 0 Å². The quantitative estimate of drug-likeness (QED) is 0.453. The number of nitriles is 1. The fourth-order valence-electron chi connectivity index (χ4n) is 5.33. The second-order valence-electron chi connectivity index (χ2n) is 10.5. The van der Waals surface area contributed by atoms with E-state index in [0.717, 1.165) is 55.4 Å². The first-order chi connectivity index (χ1) is 17.4. The highest BCUT2D eigenvalue weighted by molar-refractivity contribution is 5.67. The number of hydrogen-bond acceptors (Lipinski definition) is 5. The van der Waals surface area contributed by atoms with E-state index in [9.17, 15) is 9.50 Å². The summed E-state index contributed by atoms with van der Waals surface area (Å²) < 4.78 is 16.3. The van der Waals surface area contributed by atoms with Crippen molar-refractivity contribution in [1.82, 2.24) is 9.78 Å². The summed E-state index contributed by atoms with van der Waals surface area (Å²) in [4.78, 5) is 2.29. The Hall–Kier alpha value is -3.37. The van der Waals surface area contributed by atoms with Gasteiger partial charge >= 0.3 is 0 Å². The average Bonchev–Trinajstić information content (AvgIpc) is 3.32. The van der Waals surface area contributed by atoms with E-state index < -0.39 is 11.4 Å². The molecule has 2 N–H and O–H groups in total. The third-order valence-electron chi connectivity index (χ3n) is 7.69. The van der Waals surface area contributed by atoms with Crippen LogP contribution in [0.15, 0.2) is 48.5 Å². The molecular weight excluding hydrogens is 453 g/mol. The third-order valence-corrected chi connectivity index (χ3v) is 7.69. The molecule has 1 aliphatic carbocycles. The fraction of sp³-hybridized carbons (Fsp3) is 0.448. The number of piperidine rings is 1. The topological polar surface area (TPSA) is 77.1 Å². The van der Waals surface area contributed by atoms with Gasteiger partial charge in [-0.05, 0) is 74.9 Å². The van der Waals surface area contributed by atoms with Crippen LogP contribution in [0.1, 0.15) is 57.4 Å². The van der Waals surface area contributed by atoms with Gasteiger partial charge in [-0.2, -0.15) is 5.26 Å². The predicted molar refractivity (Wildman–Crippen MR) is 141 cm³/mol. The van der Waals surface area contributed by atoms with Gasteiger partial charge in [-0.15, -0.1) is 5.10 Å².